The number of nitrogens with one attached hydrogen (secondary N) is 1. The number of primary amides is 1. The Morgan fingerprint density at radius 1 is 1.26 bits per heavy atom. The second kappa shape index (κ2) is 7.91. The smallest absolute Gasteiger partial charge is 0.315 e. The molecule has 1 aliphatic rings. The van der Waals surface area contributed by atoms with Crippen molar-refractivity contribution >= 4 is 17.6 Å². The number of aromatic nitrogens is 2. The maximum Gasteiger partial charge on any atom is 0.315 e. The Labute approximate surface area is 177 Å². The Balaban J connectivity index is 1.81. The van der Waals surface area contributed by atoms with Crippen molar-refractivity contribution in [2.24, 2.45) is 5.73 Å². The van der Waals surface area contributed by atoms with Gasteiger partial charge in [0, 0.05) is 17.8 Å². The number of amides is 3. The molecule has 2 aromatic carbocycles. The molecule has 3 aromatic rings. The molecule has 0 saturated heterocycles. The van der Waals surface area contributed by atoms with Gasteiger partial charge in [0.15, 0.2) is 0 Å². The number of halogens is 1. The van der Waals surface area contributed by atoms with Crippen LogP contribution >= 0.6 is 0 Å². The number of urea groups is 1. The summed E-state index contributed by atoms with van der Waals surface area (Å²) in [5.41, 5.74) is 7.96. The number of carbonyl (C=O) groups excluding carboxylic acids is 2. The summed E-state index contributed by atoms with van der Waals surface area (Å²) in [4.78, 5) is 26.6. The second-order valence-electron chi connectivity index (χ2n) is 7.34. The van der Waals surface area contributed by atoms with E-state index in [2.05, 4.69) is 10.4 Å². The van der Waals surface area contributed by atoms with Crippen LogP contribution in [0.1, 0.15) is 34.6 Å². The molecule has 1 aliphatic heterocycles. The van der Waals surface area contributed by atoms with E-state index >= 15 is 0 Å². The average molecular weight is 418 g/mol. The number of hydrogen-bond donors (Lipinski definition) is 2. The molecular weight excluding hydrogens is 399 g/mol. The highest BCUT2D eigenvalue weighted by Gasteiger charge is 2.33. The summed E-state index contributed by atoms with van der Waals surface area (Å²) < 4.78 is 15.6. The SMILES string of the molecule is CC1CN(C(N)=O)Cc2c(C(=O)Nc3ccc(C#N)cc3)c(-c3cccc(F)c3)nn21. The number of benzene rings is 2. The lowest BCUT2D eigenvalue weighted by Crippen LogP contribution is -2.43. The van der Waals surface area contributed by atoms with Gasteiger partial charge in [-0.25, -0.2) is 9.18 Å². The van der Waals surface area contributed by atoms with Gasteiger partial charge >= 0.3 is 6.03 Å². The van der Waals surface area contributed by atoms with Gasteiger partial charge in [-0.15, -0.1) is 0 Å². The van der Waals surface area contributed by atoms with E-state index in [1.165, 1.54) is 17.0 Å². The number of anilines is 1. The van der Waals surface area contributed by atoms with E-state index < -0.39 is 17.8 Å². The van der Waals surface area contributed by atoms with Gasteiger partial charge in [0.1, 0.15) is 11.5 Å². The number of carbonyl (C=O) groups is 2. The van der Waals surface area contributed by atoms with Crippen LogP contribution in [0, 0.1) is 17.1 Å². The lowest BCUT2D eigenvalue weighted by atomic mass is 10.0. The van der Waals surface area contributed by atoms with Gasteiger partial charge in [-0.1, -0.05) is 12.1 Å². The molecule has 0 fully saturated rings. The Bertz CT molecular complexity index is 1210. The fourth-order valence-electron chi connectivity index (χ4n) is 3.69. The van der Waals surface area contributed by atoms with Gasteiger partial charge in [0.2, 0.25) is 0 Å². The van der Waals surface area contributed by atoms with Crippen LogP contribution in [0.25, 0.3) is 11.3 Å². The summed E-state index contributed by atoms with van der Waals surface area (Å²) in [5, 5.41) is 16.3. The van der Waals surface area contributed by atoms with Crippen LogP contribution in [-0.2, 0) is 6.54 Å². The summed E-state index contributed by atoms with van der Waals surface area (Å²) in [6.45, 7) is 2.32. The number of fused-ring (bicyclic) bond motifs is 1. The van der Waals surface area contributed by atoms with Crippen LogP contribution in [0.3, 0.4) is 0 Å². The molecule has 0 aliphatic carbocycles. The average Bonchev–Trinajstić information content (AvgIpc) is 3.14. The molecule has 1 atom stereocenters. The first-order valence-corrected chi connectivity index (χ1v) is 9.60. The maximum atomic E-state index is 13.9. The van der Waals surface area contributed by atoms with E-state index in [1.54, 1.807) is 41.1 Å². The Hall–Kier alpha value is -4.19. The summed E-state index contributed by atoms with van der Waals surface area (Å²) >= 11 is 0. The minimum Gasteiger partial charge on any atom is -0.351 e. The zero-order chi connectivity index (χ0) is 22.1. The Morgan fingerprint density at radius 3 is 2.65 bits per heavy atom. The second-order valence-corrected chi connectivity index (χ2v) is 7.34. The van der Waals surface area contributed by atoms with Crippen molar-refractivity contribution in [2.45, 2.75) is 19.5 Å². The quantitative estimate of drug-likeness (QED) is 0.679. The molecule has 2 heterocycles. The van der Waals surface area contributed by atoms with E-state index in [0.717, 1.165) is 0 Å². The van der Waals surface area contributed by atoms with Crippen molar-refractivity contribution < 1.29 is 14.0 Å². The van der Waals surface area contributed by atoms with Crippen LogP contribution in [0.15, 0.2) is 48.5 Å². The third-order valence-electron chi connectivity index (χ3n) is 5.16. The normalized spacial score (nSPS) is 15.1. The standard InChI is InChI=1S/C22H19FN6O2/c1-13-11-28(22(25)31)12-18-19(21(30)26-17-7-5-14(10-24)6-8-17)20(27-29(13)18)15-3-2-4-16(23)9-15/h2-9,13H,11-12H2,1H3,(H2,25,31)(H,26,30). The van der Waals surface area contributed by atoms with Crippen molar-refractivity contribution in [2.75, 3.05) is 11.9 Å². The van der Waals surface area contributed by atoms with Crippen LogP contribution < -0.4 is 11.1 Å². The first-order chi connectivity index (χ1) is 14.9. The predicted molar refractivity (Wildman–Crippen MR) is 111 cm³/mol. The molecule has 0 spiro atoms. The topological polar surface area (TPSA) is 117 Å². The van der Waals surface area contributed by atoms with Gasteiger partial charge in [0.05, 0.1) is 35.5 Å². The monoisotopic (exact) mass is 418 g/mol. The lowest BCUT2D eigenvalue weighted by Gasteiger charge is -2.31. The molecule has 0 saturated carbocycles. The first-order valence-electron chi connectivity index (χ1n) is 9.60. The third kappa shape index (κ3) is 3.83. The summed E-state index contributed by atoms with van der Waals surface area (Å²) in [6, 6.07) is 13.5. The zero-order valence-corrected chi connectivity index (χ0v) is 16.7. The molecule has 0 radical (unpaired) electrons. The number of nitriles is 1. The minimum atomic E-state index is -0.593. The highest BCUT2D eigenvalue weighted by Crippen LogP contribution is 2.32. The molecule has 31 heavy (non-hydrogen) atoms. The van der Waals surface area contributed by atoms with Crippen molar-refractivity contribution in [3.63, 3.8) is 0 Å². The summed E-state index contributed by atoms with van der Waals surface area (Å²) in [7, 11) is 0. The van der Waals surface area contributed by atoms with Crippen molar-refractivity contribution in [1.29, 1.82) is 5.26 Å². The first kappa shape index (κ1) is 20.1. The molecular formula is C22H19FN6O2. The highest BCUT2D eigenvalue weighted by atomic mass is 19.1. The molecule has 1 aromatic heterocycles. The molecule has 4 rings (SSSR count). The number of nitrogens with zero attached hydrogens (tertiary/aromatic N) is 4. The van der Waals surface area contributed by atoms with Crippen LogP contribution in [0.4, 0.5) is 14.9 Å². The number of hydrogen-bond acceptors (Lipinski definition) is 4. The van der Waals surface area contributed by atoms with E-state index in [0.29, 0.717) is 34.7 Å². The third-order valence-corrected chi connectivity index (χ3v) is 5.16. The van der Waals surface area contributed by atoms with Crippen molar-refractivity contribution in [3.8, 4) is 17.3 Å². The van der Waals surface area contributed by atoms with E-state index in [4.69, 9.17) is 11.0 Å². The Kier molecular flexibility index (Phi) is 5.13. The van der Waals surface area contributed by atoms with Gasteiger partial charge in [-0.3, -0.25) is 9.48 Å². The molecule has 8 nitrogen and oxygen atoms in total. The summed E-state index contributed by atoms with van der Waals surface area (Å²) in [5.74, 6) is -0.905. The molecule has 9 heteroatoms. The highest BCUT2D eigenvalue weighted by molar-refractivity contribution is 6.09. The number of nitrogens with two attached hydrogens (primary N) is 1. The minimum absolute atomic E-state index is 0.109. The molecule has 3 amide bonds. The molecule has 3 N–H and O–H groups in total. The van der Waals surface area contributed by atoms with Crippen molar-refractivity contribution in [1.82, 2.24) is 14.7 Å². The van der Waals surface area contributed by atoms with Crippen LogP contribution in [-0.4, -0.2) is 33.2 Å². The Morgan fingerprint density at radius 2 is 2.00 bits per heavy atom. The zero-order valence-electron chi connectivity index (χ0n) is 16.7. The maximum absolute atomic E-state index is 13.9. The molecule has 156 valence electrons. The lowest BCUT2D eigenvalue weighted by molar-refractivity contribution is 0.102. The molecule has 0 bridgehead atoms. The largest absolute Gasteiger partial charge is 0.351 e. The van der Waals surface area contributed by atoms with Gasteiger partial charge in [-0.2, -0.15) is 10.4 Å². The fourth-order valence-corrected chi connectivity index (χ4v) is 3.69. The number of rotatable bonds is 3. The van der Waals surface area contributed by atoms with Gasteiger partial charge < -0.3 is 16.0 Å². The van der Waals surface area contributed by atoms with Gasteiger partial charge in [-0.05, 0) is 43.3 Å². The van der Waals surface area contributed by atoms with E-state index in [9.17, 15) is 14.0 Å². The van der Waals surface area contributed by atoms with E-state index in [-0.39, 0.29) is 18.2 Å². The van der Waals surface area contributed by atoms with Gasteiger partial charge in [0.25, 0.3) is 5.91 Å². The predicted octanol–water partition coefficient (Wildman–Crippen LogP) is 3.27. The fraction of sp³-hybridized carbons (Fsp3) is 0.182. The van der Waals surface area contributed by atoms with E-state index in [1.807, 2.05) is 13.0 Å². The molecule has 1 unspecified atom stereocenters. The van der Waals surface area contributed by atoms with Crippen molar-refractivity contribution in [3.05, 3.63) is 71.2 Å². The summed E-state index contributed by atoms with van der Waals surface area (Å²) in [6.07, 6.45) is 0. The van der Waals surface area contributed by atoms with Crippen LogP contribution in [0.2, 0.25) is 0 Å². The van der Waals surface area contributed by atoms with Crippen LogP contribution in [0.5, 0.6) is 0 Å².